The number of carbonyl (C=O) groups is 1. The van der Waals surface area contributed by atoms with E-state index in [1.807, 2.05) is 0 Å². The number of benzene rings is 2. The van der Waals surface area contributed by atoms with Crippen molar-refractivity contribution in [2.45, 2.75) is 30.7 Å². The van der Waals surface area contributed by atoms with Gasteiger partial charge in [-0.1, -0.05) is 36.2 Å². The quantitative estimate of drug-likeness (QED) is 0.405. The van der Waals surface area contributed by atoms with Crippen molar-refractivity contribution in [3.8, 4) is 0 Å². The van der Waals surface area contributed by atoms with Crippen molar-refractivity contribution in [2.24, 2.45) is 5.92 Å². The zero-order valence-electron chi connectivity index (χ0n) is 17.0. The predicted molar refractivity (Wildman–Crippen MR) is 124 cm³/mol. The van der Waals surface area contributed by atoms with Crippen molar-refractivity contribution in [3.05, 3.63) is 52.3 Å². The highest BCUT2D eigenvalue weighted by atomic mass is 35.5. The van der Waals surface area contributed by atoms with E-state index in [2.05, 4.69) is 17.0 Å². The Balaban J connectivity index is 1.76. The van der Waals surface area contributed by atoms with Crippen LogP contribution < -0.4 is 15.8 Å². The minimum atomic E-state index is -1.77. The lowest BCUT2D eigenvalue weighted by Crippen LogP contribution is -2.53. The fourth-order valence-corrected chi connectivity index (χ4v) is 4.96. The van der Waals surface area contributed by atoms with E-state index >= 15 is 0 Å². The number of nitrogen functional groups attached to an aromatic ring is 1. The number of nitrogens with two attached hydrogens (primary N) is 1. The summed E-state index contributed by atoms with van der Waals surface area (Å²) in [4.78, 5) is 15.3. The second kappa shape index (κ2) is 10.7. The first-order valence-electron chi connectivity index (χ1n) is 9.95. The smallest absolute Gasteiger partial charge is 0.246 e. The molecule has 1 amide bonds. The van der Waals surface area contributed by atoms with Gasteiger partial charge < -0.3 is 20.5 Å². The van der Waals surface area contributed by atoms with Gasteiger partial charge in [-0.25, -0.2) is 4.39 Å². The molecule has 2 unspecified atom stereocenters. The van der Waals surface area contributed by atoms with Crippen LogP contribution in [0.1, 0.15) is 19.8 Å². The molecule has 168 valence electrons. The second-order valence-corrected chi connectivity index (χ2v) is 9.70. The van der Waals surface area contributed by atoms with Crippen LogP contribution in [-0.4, -0.2) is 41.0 Å². The molecule has 0 spiro atoms. The molecule has 2 aromatic rings. The highest BCUT2D eigenvalue weighted by Crippen LogP contribution is 2.30. The molecule has 1 heterocycles. The molecule has 1 saturated heterocycles. The third-order valence-electron chi connectivity index (χ3n) is 5.24. The molecule has 10 heteroatoms. The topological polar surface area (TPSA) is 93.5 Å². The van der Waals surface area contributed by atoms with Crippen LogP contribution in [0, 0.1) is 11.7 Å². The maximum atomic E-state index is 13.5. The number of halogens is 3. The number of carbonyl (C=O) groups excluding carboxylic acids is 1. The van der Waals surface area contributed by atoms with Crippen LogP contribution in [0.15, 0.2) is 41.3 Å². The van der Waals surface area contributed by atoms with E-state index in [0.717, 1.165) is 12.8 Å². The van der Waals surface area contributed by atoms with Crippen molar-refractivity contribution in [1.82, 2.24) is 9.62 Å². The van der Waals surface area contributed by atoms with Crippen LogP contribution in [0.25, 0.3) is 0 Å². The summed E-state index contributed by atoms with van der Waals surface area (Å²) in [6.45, 7) is 3.57. The number of amides is 1. The number of hydrogen-bond donors (Lipinski definition) is 3. The Morgan fingerprint density at radius 3 is 2.55 bits per heavy atom. The van der Waals surface area contributed by atoms with Crippen molar-refractivity contribution in [3.63, 3.8) is 0 Å². The van der Waals surface area contributed by atoms with E-state index in [0.29, 0.717) is 29.6 Å². The highest BCUT2D eigenvalue weighted by molar-refractivity contribution is 7.89. The molecule has 0 radical (unpaired) electrons. The Labute approximate surface area is 194 Å². The lowest BCUT2D eigenvalue weighted by atomic mass is 9.99. The summed E-state index contributed by atoms with van der Waals surface area (Å²) >= 11 is 10.3. The number of piperidine rings is 1. The van der Waals surface area contributed by atoms with Gasteiger partial charge in [-0.05, 0) is 37.0 Å². The molecule has 0 bridgehead atoms. The van der Waals surface area contributed by atoms with Gasteiger partial charge in [0.15, 0.2) is 4.90 Å². The largest absolute Gasteiger partial charge is 0.593 e. The van der Waals surface area contributed by atoms with Crippen molar-refractivity contribution < 1.29 is 13.7 Å². The number of rotatable bonds is 7. The summed E-state index contributed by atoms with van der Waals surface area (Å²) in [6.07, 6.45) is 1.84. The molecular weight excluding hydrogens is 462 g/mol. The number of anilines is 2. The SMILES string of the molecule is CC1CCN(C(=O)C(CNc2cccc(F)c2)N[S+]([O-])c2cc(Cl)c(N)c(Cl)c2)CC1. The van der Waals surface area contributed by atoms with Gasteiger partial charge in [0.25, 0.3) is 0 Å². The van der Waals surface area contributed by atoms with E-state index in [1.54, 1.807) is 17.0 Å². The summed E-state index contributed by atoms with van der Waals surface area (Å²) in [7, 11) is 0. The van der Waals surface area contributed by atoms with Gasteiger partial charge in [0.2, 0.25) is 5.91 Å². The molecule has 4 N–H and O–H groups in total. The van der Waals surface area contributed by atoms with Gasteiger partial charge in [0.1, 0.15) is 11.9 Å². The van der Waals surface area contributed by atoms with Crippen molar-refractivity contribution >= 4 is 51.8 Å². The molecule has 31 heavy (non-hydrogen) atoms. The summed E-state index contributed by atoms with van der Waals surface area (Å²) in [5.41, 5.74) is 6.47. The standard InChI is InChI=1S/C21H25Cl2FN4O2S/c1-13-5-7-28(8-6-13)21(29)19(12-26-15-4-2-3-14(24)9-15)27-31(30)16-10-17(22)20(25)18(23)11-16/h2-4,9-11,13,19,26-27H,5-8,12,25H2,1H3. The van der Waals surface area contributed by atoms with Gasteiger partial charge in [-0.2, -0.15) is 0 Å². The van der Waals surface area contributed by atoms with Crippen molar-refractivity contribution in [1.29, 1.82) is 0 Å². The maximum Gasteiger partial charge on any atom is 0.246 e. The molecule has 1 fully saturated rings. The van der Waals surface area contributed by atoms with E-state index < -0.39 is 17.4 Å². The first-order valence-corrected chi connectivity index (χ1v) is 11.9. The monoisotopic (exact) mass is 486 g/mol. The van der Waals surface area contributed by atoms with E-state index in [-0.39, 0.29) is 34.0 Å². The van der Waals surface area contributed by atoms with Crippen LogP contribution in [0.2, 0.25) is 10.0 Å². The predicted octanol–water partition coefficient (Wildman–Crippen LogP) is 4.07. The summed E-state index contributed by atoms with van der Waals surface area (Å²) < 4.78 is 29.3. The summed E-state index contributed by atoms with van der Waals surface area (Å²) in [5, 5.41) is 3.41. The van der Waals surface area contributed by atoms with Gasteiger partial charge in [0.05, 0.1) is 27.1 Å². The lowest BCUT2D eigenvalue weighted by molar-refractivity contribution is -0.134. The fraction of sp³-hybridized carbons (Fsp3) is 0.381. The van der Waals surface area contributed by atoms with Crippen LogP contribution in [0.4, 0.5) is 15.8 Å². The van der Waals surface area contributed by atoms with E-state index in [9.17, 15) is 13.7 Å². The van der Waals surface area contributed by atoms with E-state index in [1.165, 1.54) is 24.3 Å². The molecule has 6 nitrogen and oxygen atoms in total. The number of likely N-dealkylation sites (tertiary alicyclic amines) is 1. The molecule has 0 aliphatic carbocycles. The minimum Gasteiger partial charge on any atom is -0.593 e. The van der Waals surface area contributed by atoms with Crippen LogP contribution in [0.3, 0.4) is 0 Å². The number of hydrogen-bond acceptors (Lipinski definition) is 5. The molecule has 0 saturated carbocycles. The number of nitrogens with one attached hydrogen (secondary N) is 2. The first-order chi connectivity index (χ1) is 14.7. The third kappa shape index (κ3) is 6.40. The average Bonchev–Trinajstić information content (AvgIpc) is 2.74. The Morgan fingerprint density at radius 2 is 1.94 bits per heavy atom. The van der Waals surface area contributed by atoms with Crippen LogP contribution >= 0.6 is 23.2 Å². The molecule has 2 atom stereocenters. The molecule has 3 rings (SSSR count). The van der Waals surface area contributed by atoms with Crippen molar-refractivity contribution in [2.75, 3.05) is 30.7 Å². The van der Waals surface area contributed by atoms with Gasteiger partial charge in [-0.3, -0.25) is 4.79 Å². The highest BCUT2D eigenvalue weighted by Gasteiger charge is 2.31. The van der Waals surface area contributed by atoms with Gasteiger partial charge >= 0.3 is 0 Å². The lowest BCUT2D eigenvalue weighted by Gasteiger charge is -2.33. The maximum absolute atomic E-state index is 13.5. The Kier molecular flexibility index (Phi) is 8.30. The summed E-state index contributed by atoms with van der Waals surface area (Å²) in [6, 6.07) is 8.04. The Hall–Kier alpha value is -1.71. The molecular formula is C21H25Cl2FN4O2S. The Morgan fingerprint density at radius 1 is 1.29 bits per heavy atom. The zero-order chi connectivity index (χ0) is 22.5. The number of nitrogens with zero attached hydrogens (tertiary/aromatic N) is 1. The normalized spacial score (nSPS) is 16.7. The first kappa shape index (κ1) is 23.9. The fourth-order valence-electron chi connectivity index (χ4n) is 3.31. The molecule has 1 aliphatic heterocycles. The zero-order valence-corrected chi connectivity index (χ0v) is 19.4. The minimum absolute atomic E-state index is 0.122. The molecule has 1 aliphatic rings. The van der Waals surface area contributed by atoms with Crippen LogP contribution in [-0.2, 0) is 16.2 Å². The molecule has 0 aromatic heterocycles. The molecule has 2 aromatic carbocycles. The van der Waals surface area contributed by atoms with Gasteiger partial charge in [0, 0.05) is 37.5 Å². The third-order valence-corrected chi connectivity index (χ3v) is 7.03. The van der Waals surface area contributed by atoms with E-state index in [4.69, 9.17) is 28.9 Å². The summed E-state index contributed by atoms with van der Waals surface area (Å²) in [5.74, 6) is 0.00597. The van der Waals surface area contributed by atoms with Gasteiger partial charge in [-0.15, -0.1) is 4.72 Å². The average molecular weight is 487 g/mol. The Bertz CT molecular complexity index is 905. The van der Waals surface area contributed by atoms with Crippen LogP contribution in [0.5, 0.6) is 0 Å². The second-order valence-electron chi connectivity index (χ2n) is 7.64.